The third-order valence-corrected chi connectivity index (χ3v) is 4.11. The van der Waals surface area contributed by atoms with E-state index in [1.165, 1.54) is 0 Å². The van der Waals surface area contributed by atoms with Crippen molar-refractivity contribution in [3.05, 3.63) is 72.1 Å². The Kier molecular flexibility index (Phi) is 4.52. The lowest BCUT2D eigenvalue weighted by atomic mass is 10.0. The van der Waals surface area contributed by atoms with Crippen molar-refractivity contribution in [2.24, 2.45) is 0 Å². The topological polar surface area (TPSA) is 31.2 Å². The Morgan fingerprint density at radius 2 is 1.71 bits per heavy atom. The van der Waals surface area contributed by atoms with Crippen molar-refractivity contribution < 1.29 is 9.53 Å². The van der Waals surface area contributed by atoms with E-state index < -0.39 is 0 Å². The SMILES string of the molecule is CCOc1ccc(-n2cc(-c3ccccc3)c(C(C)=O)c2C)cc1. The van der Waals surface area contributed by atoms with Crippen molar-refractivity contribution in [2.45, 2.75) is 20.8 Å². The summed E-state index contributed by atoms with van der Waals surface area (Å²) < 4.78 is 7.56. The maximum absolute atomic E-state index is 12.2. The molecule has 122 valence electrons. The fraction of sp³-hybridized carbons (Fsp3) is 0.190. The fourth-order valence-corrected chi connectivity index (χ4v) is 3.02. The van der Waals surface area contributed by atoms with Crippen molar-refractivity contribution in [1.82, 2.24) is 4.57 Å². The van der Waals surface area contributed by atoms with Gasteiger partial charge >= 0.3 is 0 Å². The Hall–Kier alpha value is -2.81. The number of rotatable bonds is 5. The van der Waals surface area contributed by atoms with Crippen LogP contribution in [0.3, 0.4) is 0 Å². The molecule has 3 aromatic rings. The van der Waals surface area contributed by atoms with Crippen molar-refractivity contribution in [3.8, 4) is 22.6 Å². The van der Waals surface area contributed by atoms with Crippen molar-refractivity contribution in [3.63, 3.8) is 0 Å². The van der Waals surface area contributed by atoms with E-state index in [0.717, 1.165) is 33.8 Å². The first-order chi connectivity index (χ1) is 11.6. The lowest BCUT2D eigenvalue weighted by Crippen LogP contribution is -2.00. The molecule has 0 fully saturated rings. The van der Waals surface area contributed by atoms with E-state index in [1.54, 1.807) is 6.92 Å². The van der Waals surface area contributed by atoms with Gasteiger partial charge in [0.2, 0.25) is 0 Å². The molecule has 0 N–H and O–H groups in total. The van der Waals surface area contributed by atoms with Crippen molar-refractivity contribution in [2.75, 3.05) is 6.61 Å². The first kappa shape index (κ1) is 16.1. The molecule has 3 rings (SSSR count). The number of benzene rings is 2. The maximum atomic E-state index is 12.2. The second kappa shape index (κ2) is 6.75. The van der Waals surface area contributed by atoms with Crippen LogP contribution in [-0.4, -0.2) is 17.0 Å². The van der Waals surface area contributed by atoms with Gasteiger partial charge in [0.05, 0.1) is 6.61 Å². The first-order valence-corrected chi connectivity index (χ1v) is 8.13. The predicted molar refractivity (Wildman–Crippen MR) is 97.1 cm³/mol. The monoisotopic (exact) mass is 319 g/mol. The number of carbonyl (C=O) groups excluding carboxylic acids is 1. The van der Waals surface area contributed by atoms with Gasteiger partial charge in [0.1, 0.15) is 5.75 Å². The fourth-order valence-electron chi connectivity index (χ4n) is 3.02. The van der Waals surface area contributed by atoms with Gasteiger partial charge in [0.15, 0.2) is 5.78 Å². The molecule has 0 unspecified atom stereocenters. The number of Topliss-reactive ketones (excluding diaryl/α,β-unsaturated/α-hetero) is 1. The number of aromatic nitrogens is 1. The second-order valence-corrected chi connectivity index (χ2v) is 5.72. The summed E-state index contributed by atoms with van der Waals surface area (Å²) in [5, 5.41) is 0. The molecule has 24 heavy (non-hydrogen) atoms. The molecule has 3 nitrogen and oxygen atoms in total. The minimum absolute atomic E-state index is 0.0797. The summed E-state index contributed by atoms with van der Waals surface area (Å²) in [5.74, 6) is 0.928. The van der Waals surface area contributed by atoms with Crippen LogP contribution in [0.2, 0.25) is 0 Å². The molecule has 0 spiro atoms. The van der Waals surface area contributed by atoms with E-state index in [4.69, 9.17) is 4.74 Å². The lowest BCUT2D eigenvalue weighted by Gasteiger charge is -2.08. The van der Waals surface area contributed by atoms with Gasteiger partial charge in [-0.3, -0.25) is 4.79 Å². The molecule has 0 aliphatic heterocycles. The van der Waals surface area contributed by atoms with Crippen LogP contribution in [-0.2, 0) is 0 Å². The highest BCUT2D eigenvalue weighted by molar-refractivity contribution is 6.02. The first-order valence-electron chi connectivity index (χ1n) is 8.13. The highest BCUT2D eigenvalue weighted by atomic mass is 16.5. The Labute approximate surface area is 142 Å². The van der Waals surface area contributed by atoms with Crippen LogP contribution >= 0.6 is 0 Å². The van der Waals surface area contributed by atoms with Gasteiger partial charge in [-0.1, -0.05) is 30.3 Å². The third kappa shape index (κ3) is 2.98. The van der Waals surface area contributed by atoms with Gasteiger partial charge in [-0.15, -0.1) is 0 Å². The predicted octanol–water partition coefficient (Wildman–Crippen LogP) is 5.05. The number of ether oxygens (including phenoxy) is 1. The van der Waals surface area contributed by atoms with Gasteiger partial charge in [0, 0.05) is 28.7 Å². The molecule has 1 heterocycles. The van der Waals surface area contributed by atoms with Gasteiger partial charge in [-0.2, -0.15) is 0 Å². The molecular weight excluding hydrogens is 298 g/mol. The van der Waals surface area contributed by atoms with Crippen LogP contribution in [0.25, 0.3) is 16.8 Å². The van der Waals surface area contributed by atoms with Crippen molar-refractivity contribution in [1.29, 1.82) is 0 Å². The Morgan fingerprint density at radius 1 is 1.04 bits per heavy atom. The molecule has 0 bridgehead atoms. The molecule has 0 saturated heterocycles. The van der Waals surface area contributed by atoms with Gasteiger partial charge < -0.3 is 9.30 Å². The molecule has 3 heteroatoms. The molecule has 0 aliphatic carbocycles. The summed E-state index contributed by atoms with van der Waals surface area (Å²) in [6.45, 7) is 6.22. The highest BCUT2D eigenvalue weighted by Crippen LogP contribution is 2.31. The number of carbonyl (C=O) groups is 1. The summed E-state index contributed by atoms with van der Waals surface area (Å²) in [6, 6.07) is 17.9. The average Bonchev–Trinajstić information content (AvgIpc) is 2.94. The molecular formula is C21H21NO2. The summed E-state index contributed by atoms with van der Waals surface area (Å²) in [7, 11) is 0. The Bertz CT molecular complexity index is 846. The third-order valence-electron chi connectivity index (χ3n) is 4.11. The number of hydrogen-bond acceptors (Lipinski definition) is 2. The zero-order chi connectivity index (χ0) is 17.1. The summed E-state index contributed by atoms with van der Waals surface area (Å²) >= 11 is 0. The van der Waals surface area contributed by atoms with Crippen LogP contribution in [0, 0.1) is 6.92 Å². The molecule has 0 radical (unpaired) electrons. The van der Waals surface area contributed by atoms with E-state index in [-0.39, 0.29) is 5.78 Å². The molecule has 2 aromatic carbocycles. The van der Waals surface area contributed by atoms with E-state index in [0.29, 0.717) is 6.61 Å². The minimum Gasteiger partial charge on any atom is -0.494 e. The second-order valence-electron chi connectivity index (χ2n) is 5.72. The molecule has 0 saturated carbocycles. The van der Waals surface area contributed by atoms with E-state index in [9.17, 15) is 4.79 Å². The quantitative estimate of drug-likeness (QED) is 0.616. The number of hydrogen-bond donors (Lipinski definition) is 0. The normalized spacial score (nSPS) is 10.6. The summed E-state index contributed by atoms with van der Waals surface area (Å²) in [6.07, 6.45) is 2.04. The Balaban J connectivity index is 2.11. The lowest BCUT2D eigenvalue weighted by molar-refractivity contribution is 0.101. The van der Waals surface area contributed by atoms with Gasteiger partial charge in [-0.25, -0.2) is 0 Å². The Morgan fingerprint density at radius 3 is 2.29 bits per heavy atom. The molecule has 0 aliphatic rings. The standard InChI is InChI=1S/C21H21NO2/c1-4-24-19-12-10-18(11-13-19)22-14-20(17-8-6-5-7-9-17)21(15(22)2)16(3)23/h5-14H,4H2,1-3H3. The van der Waals surface area contributed by atoms with Crippen LogP contribution in [0.4, 0.5) is 0 Å². The highest BCUT2D eigenvalue weighted by Gasteiger charge is 2.18. The minimum atomic E-state index is 0.0797. The van der Waals surface area contributed by atoms with E-state index in [2.05, 4.69) is 4.57 Å². The summed E-state index contributed by atoms with van der Waals surface area (Å²) in [5.41, 5.74) is 4.76. The largest absolute Gasteiger partial charge is 0.494 e. The van der Waals surface area contributed by atoms with Crippen LogP contribution in [0.15, 0.2) is 60.8 Å². The maximum Gasteiger partial charge on any atom is 0.162 e. The number of nitrogens with zero attached hydrogens (tertiary/aromatic N) is 1. The van der Waals surface area contributed by atoms with E-state index >= 15 is 0 Å². The van der Waals surface area contributed by atoms with Gasteiger partial charge in [-0.05, 0) is 50.6 Å². The zero-order valence-electron chi connectivity index (χ0n) is 14.2. The summed E-state index contributed by atoms with van der Waals surface area (Å²) in [4.78, 5) is 12.2. The van der Waals surface area contributed by atoms with Gasteiger partial charge in [0.25, 0.3) is 0 Å². The van der Waals surface area contributed by atoms with Crippen LogP contribution in [0.1, 0.15) is 29.9 Å². The zero-order valence-corrected chi connectivity index (χ0v) is 14.2. The van der Waals surface area contributed by atoms with Crippen LogP contribution < -0.4 is 4.74 Å². The van der Waals surface area contributed by atoms with Crippen LogP contribution in [0.5, 0.6) is 5.75 Å². The molecule has 0 atom stereocenters. The molecule has 1 aromatic heterocycles. The number of ketones is 1. The smallest absolute Gasteiger partial charge is 0.162 e. The van der Waals surface area contributed by atoms with Crippen molar-refractivity contribution >= 4 is 5.78 Å². The average molecular weight is 319 g/mol. The van der Waals surface area contributed by atoms with E-state index in [1.807, 2.05) is 74.6 Å². The molecule has 0 amide bonds.